The molecular weight excluding hydrogens is 480 g/mol. The number of H-pyrrole nitrogens is 1. The normalized spacial score (nSPS) is 11.5. The van der Waals surface area contributed by atoms with E-state index >= 15 is 0 Å². The molecule has 13 heteroatoms. The highest BCUT2D eigenvalue weighted by Gasteiger charge is 2.23. The number of nitrogens with zero attached hydrogens (tertiary/aromatic N) is 4. The van der Waals surface area contributed by atoms with Crippen LogP contribution in [0.1, 0.15) is 35.5 Å². The molecule has 0 amide bonds. The lowest BCUT2D eigenvalue weighted by molar-refractivity contribution is -0.131. The van der Waals surface area contributed by atoms with Crippen molar-refractivity contribution in [2.24, 2.45) is 5.73 Å². The first-order valence-corrected chi connectivity index (χ1v) is 11.0. The Labute approximate surface area is 210 Å². The van der Waals surface area contributed by atoms with E-state index in [0.29, 0.717) is 22.6 Å². The summed E-state index contributed by atoms with van der Waals surface area (Å²) in [5.74, 6) is 0.00190. The number of carbonyl (C=O) groups excluding carboxylic acids is 1. The maximum Gasteiger partial charge on any atom is 0.350 e. The average Bonchev–Trinajstić information content (AvgIpc) is 3.28. The van der Waals surface area contributed by atoms with Gasteiger partial charge in [-0.15, -0.1) is 9.78 Å². The van der Waals surface area contributed by atoms with Crippen LogP contribution in [-0.4, -0.2) is 48.8 Å². The third kappa shape index (κ3) is 5.62. The number of anilines is 1. The monoisotopic (exact) mass is 504 g/mol. The molecule has 1 atom stereocenters. The maximum absolute atomic E-state index is 12.7. The molecule has 2 aromatic heterocycles. The van der Waals surface area contributed by atoms with E-state index in [2.05, 4.69) is 25.4 Å². The van der Waals surface area contributed by atoms with Gasteiger partial charge < -0.3 is 25.6 Å². The van der Waals surface area contributed by atoms with Gasteiger partial charge in [0, 0.05) is 31.1 Å². The number of amidine groups is 1. The number of esters is 1. The Morgan fingerprint density at radius 1 is 1.24 bits per heavy atom. The van der Waals surface area contributed by atoms with Gasteiger partial charge in [0.1, 0.15) is 23.4 Å². The number of nitrogens with two attached hydrogens (primary N) is 1. The van der Waals surface area contributed by atoms with Gasteiger partial charge in [0.05, 0.1) is 19.3 Å². The Bertz CT molecular complexity index is 1480. The number of nitrogens with one attached hydrogen (secondary N) is 3. The Kier molecular flexibility index (Phi) is 7.25. The summed E-state index contributed by atoms with van der Waals surface area (Å²) in [6.45, 7) is 0.992. The topological polar surface area (TPSA) is 194 Å². The minimum atomic E-state index is -0.772. The van der Waals surface area contributed by atoms with E-state index in [1.807, 2.05) is 0 Å². The Balaban J connectivity index is 1.83. The van der Waals surface area contributed by atoms with E-state index in [1.54, 1.807) is 30.3 Å². The molecular formula is C24H24N8O5. The van der Waals surface area contributed by atoms with Crippen molar-refractivity contribution in [1.29, 1.82) is 5.41 Å². The van der Waals surface area contributed by atoms with Gasteiger partial charge in [-0.3, -0.25) is 15.2 Å². The van der Waals surface area contributed by atoms with Crippen molar-refractivity contribution in [3.05, 3.63) is 87.9 Å². The van der Waals surface area contributed by atoms with Gasteiger partial charge in [-0.2, -0.15) is 0 Å². The molecule has 4 aromatic rings. The van der Waals surface area contributed by atoms with Crippen LogP contribution in [-0.2, 0) is 11.4 Å². The zero-order valence-electron chi connectivity index (χ0n) is 19.9. The minimum Gasteiger partial charge on any atom is -0.497 e. The summed E-state index contributed by atoms with van der Waals surface area (Å²) in [7, 11) is 1.50. The lowest BCUT2D eigenvalue weighted by Gasteiger charge is -2.20. The first kappa shape index (κ1) is 25.1. The number of aliphatic hydroxyl groups is 1. The quantitative estimate of drug-likeness (QED) is 0.0958. The number of hydrogen-bond donors (Lipinski definition) is 5. The second-order valence-electron chi connectivity index (χ2n) is 7.84. The summed E-state index contributed by atoms with van der Waals surface area (Å²) in [4.78, 5) is 35.2. The van der Waals surface area contributed by atoms with Gasteiger partial charge in [-0.05, 0) is 41.5 Å². The number of aromatic nitrogens is 5. The number of aromatic amines is 1. The lowest BCUT2D eigenvalue weighted by atomic mass is 10.0. The molecule has 2 heterocycles. The van der Waals surface area contributed by atoms with Crippen LogP contribution in [0.25, 0.3) is 5.95 Å². The Hall–Kier alpha value is -5.04. The molecule has 6 N–H and O–H groups in total. The van der Waals surface area contributed by atoms with Gasteiger partial charge in [0.2, 0.25) is 0 Å². The number of rotatable bonds is 9. The average molecular weight is 505 g/mol. The fourth-order valence-corrected chi connectivity index (χ4v) is 3.62. The number of benzene rings is 2. The fraction of sp³-hybridized carbons (Fsp3) is 0.167. The summed E-state index contributed by atoms with van der Waals surface area (Å²) in [6, 6.07) is 10.7. The van der Waals surface area contributed by atoms with E-state index < -0.39 is 17.7 Å². The van der Waals surface area contributed by atoms with E-state index in [4.69, 9.17) is 20.6 Å². The molecule has 0 aliphatic carbocycles. The van der Waals surface area contributed by atoms with Crippen molar-refractivity contribution < 1.29 is 19.4 Å². The number of hydrogen-bond acceptors (Lipinski definition) is 10. The molecule has 4 rings (SSSR count). The zero-order chi connectivity index (χ0) is 26.5. The van der Waals surface area contributed by atoms with Gasteiger partial charge in [0.15, 0.2) is 5.82 Å². The predicted molar refractivity (Wildman–Crippen MR) is 133 cm³/mol. The van der Waals surface area contributed by atoms with Crippen molar-refractivity contribution >= 4 is 17.5 Å². The highest BCUT2D eigenvalue weighted by atomic mass is 16.5. The maximum atomic E-state index is 12.7. The molecule has 0 fully saturated rings. The second kappa shape index (κ2) is 10.7. The van der Waals surface area contributed by atoms with Crippen LogP contribution in [0, 0.1) is 5.41 Å². The van der Waals surface area contributed by atoms with Gasteiger partial charge >= 0.3 is 11.7 Å². The van der Waals surface area contributed by atoms with E-state index in [0.717, 1.165) is 4.68 Å². The standard InChI is InChI=1S/C24H24N8O5/c1-13(34)37-19-11-16(4-5-18(19)21(25)26)29-20(15-8-14(12-33)9-17(10-15)36-2)22-30-24(35)32(31-22)23-27-6-3-7-28-23/h3-11,20,29,33H,12H2,1-2H3,(H3,25,26)(H,30,31,35). The molecule has 0 spiro atoms. The van der Waals surface area contributed by atoms with Crippen LogP contribution >= 0.6 is 0 Å². The predicted octanol–water partition coefficient (Wildman–Crippen LogP) is 1.26. The van der Waals surface area contributed by atoms with Crippen LogP contribution in [0.5, 0.6) is 11.5 Å². The minimum absolute atomic E-state index is 0.0818. The zero-order valence-corrected chi connectivity index (χ0v) is 19.9. The number of methoxy groups -OCH3 is 1. The van der Waals surface area contributed by atoms with Crippen LogP contribution in [0.4, 0.5) is 5.69 Å². The van der Waals surface area contributed by atoms with E-state index in [-0.39, 0.29) is 35.5 Å². The van der Waals surface area contributed by atoms with Crippen molar-refractivity contribution in [2.75, 3.05) is 12.4 Å². The molecule has 0 saturated carbocycles. The second-order valence-corrected chi connectivity index (χ2v) is 7.84. The summed E-state index contributed by atoms with van der Waals surface area (Å²) >= 11 is 0. The Morgan fingerprint density at radius 3 is 2.65 bits per heavy atom. The summed E-state index contributed by atoms with van der Waals surface area (Å²) in [5.41, 5.74) is 6.94. The van der Waals surface area contributed by atoms with Crippen molar-refractivity contribution in [1.82, 2.24) is 24.7 Å². The molecule has 37 heavy (non-hydrogen) atoms. The van der Waals surface area contributed by atoms with Crippen molar-refractivity contribution in [3.63, 3.8) is 0 Å². The van der Waals surface area contributed by atoms with Crippen LogP contribution in [0.3, 0.4) is 0 Å². The van der Waals surface area contributed by atoms with Crippen LogP contribution in [0.2, 0.25) is 0 Å². The number of ether oxygens (including phenoxy) is 2. The van der Waals surface area contributed by atoms with Crippen molar-refractivity contribution in [2.45, 2.75) is 19.6 Å². The van der Waals surface area contributed by atoms with Gasteiger partial charge in [0.25, 0.3) is 5.95 Å². The summed E-state index contributed by atoms with van der Waals surface area (Å²) in [5, 5.41) is 25.2. The molecule has 13 nitrogen and oxygen atoms in total. The molecule has 0 saturated heterocycles. The highest BCUT2D eigenvalue weighted by Crippen LogP contribution is 2.31. The third-order valence-electron chi connectivity index (χ3n) is 5.23. The molecule has 0 aliphatic rings. The summed E-state index contributed by atoms with van der Waals surface area (Å²) < 4.78 is 11.7. The molecule has 2 aromatic carbocycles. The van der Waals surface area contributed by atoms with Gasteiger partial charge in [-0.25, -0.2) is 14.8 Å². The number of carbonyl (C=O) groups is 1. The first-order valence-electron chi connectivity index (χ1n) is 11.0. The highest BCUT2D eigenvalue weighted by molar-refractivity contribution is 5.98. The molecule has 190 valence electrons. The Morgan fingerprint density at radius 2 is 2.00 bits per heavy atom. The molecule has 0 radical (unpaired) electrons. The first-order chi connectivity index (χ1) is 17.8. The van der Waals surface area contributed by atoms with Crippen LogP contribution in [0.15, 0.2) is 59.7 Å². The molecule has 0 bridgehead atoms. The van der Waals surface area contributed by atoms with Crippen molar-refractivity contribution in [3.8, 4) is 17.4 Å². The third-order valence-corrected chi connectivity index (χ3v) is 5.23. The van der Waals surface area contributed by atoms with Crippen LogP contribution < -0.4 is 26.2 Å². The van der Waals surface area contributed by atoms with Gasteiger partial charge in [-0.1, -0.05) is 6.07 Å². The number of nitrogen functional groups attached to an aromatic ring is 1. The summed E-state index contributed by atoms with van der Waals surface area (Å²) in [6.07, 6.45) is 2.98. The lowest BCUT2D eigenvalue weighted by Crippen LogP contribution is -2.18. The largest absolute Gasteiger partial charge is 0.497 e. The number of aliphatic hydroxyl groups excluding tert-OH is 1. The van der Waals surface area contributed by atoms with E-state index in [1.165, 1.54) is 38.6 Å². The smallest absolute Gasteiger partial charge is 0.350 e. The molecule has 0 aliphatic heterocycles. The SMILES string of the molecule is COc1cc(CO)cc(C(Nc2ccc(C(=N)N)c(OC(C)=O)c2)c2nn(-c3ncccn3)c(=O)[nH]2)c1. The van der Waals surface area contributed by atoms with E-state index in [9.17, 15) is 14.7 Å². The fourth-order valence-electron chi connectivity index (χ4n) is 3.62. The molecule has 1 unspecified atom stereocenters.